The van der Waals surface area contributed by atoms with Crippen molar-refractivity contribution in [2.75, 3.05) is 0 Å². The fraction of sp³-hybridized carbons (Fsp3) is 0.100. The Kier molecular flexibility index (Phi) is 2.37. The van der Waals surface area contributed by atoms with E-state index in [1.54, 1.807) is 12.1 Å². The van der Waals surface area contributed by atoms with Gasteiger partial charge in [0.1, 0.15) is 5.82 Å². The SMILES string of the molecule is Cn1cc(-c2ccc(F)cc2)nc1Br. The molecule has 1 aromatic carbocycles. The van der Waals surface area contributed by atoms with Gasteiger partial charge in [-0.1, -0.05) is 0 Å². The Balaban J connectivity index is 2.44. The Morgan fingerprint density at radius 3 is 2.43 bits per heavy atom. The lowest BCUT2D eigenvalue weighted by Crippen LogP contribution is -1.82. The Hall–Kier alpha value is -1.16. The van der Waals surface area contributed by atoms with E-state index in [2.05, 4.69) is 20.9 Å². The zero-order valence-corrected chi connectivity index (χ0v) is 9.12. The summed E-state index contributed by atoms with van der Waals surface area (Å²) in [6.45, 7) is 0. The van der Waals surface area contributed by atoms with E-state index in [1.165, 1.54) is 12.1 Å². The highest BCUT2D eigenvalue weighted by Gasteiger charge is 2.04. The van der Waals surface area contributed by atoms with E-state index in [9.17, 15) is 4.39 Å². The fourth-order valence-corrected chi connectivity index (χ4v) is 1.50. The first kappa shape index (κ1) is 9.40. The van der Waals surface area contributed by atoms with Gasteiger partial charge in [-0.2, -0.15) is 0 Å². The number of imidazole rings is 1. The molecular formula is C10H8BrFN2. The van der Waals surface area contributed by atoms with E-state index in [4.69, 9.17) is 0 Å². The van der Waals surface area contributed by atoms with Gasteiger partial charge in [0, 0.05) is 18.8 Å². The van der Waals surface area contributed by atoms with Gasteiger partial charge in [-0.3, -0.25) is 0 Å². The standard InChI is InChI=1S/C10H8BrFN2/c1-14-6-9(13-10(14)11)7-2-4-8(12)5-3-7/h2-6H,1H3. The predicted octanol–water partition coefficient (Wildman–Crippen LogP) is 2.99. The average molecular weight is 255 g/mol. The second-order valence-electron chi connectivity index (χ2n) is 3.01. The van der Waals surface area contributed by atoms with Crippen LogP contribution in [0.5, 0.6) is 0 Å². The number of aromatic nitrogens is 2. The van der Waals surface area contributed by atoms with Gasteiger partial charge in [0.25, 0.3) is 0 Å². The van der Waals surface area contributed by atoms with E-state index in [1.807, 2.05) is 17.8 Å². The summed E-state index contributed by atoms with van der Waals surface area (Å²) in [5.74, 6) is -0.233. The lowest BCUT2D eigenvalue weighted by molar-refractivity contribution is 0.628. The summed E-state index contributed by atoms with van der Waals surface area (Å²) >= 11 is 3.31. The molecule has 0 unspecified atom stereocenters. The maximum Gasteiger partial charge on any atom is 0.177 e. The summed E-state index contributed by atoms with van der Waals surface area (Å²) in [4.78, 5) is 4.27. The van der Waals surface area contributed by atoms with Crippen LogP contribution in [-0.2, 0) is 7.05 Å². The van der Waals surface area contributed by atoms with Crippen LogP contribution in [0.4, 0.5) is 4.39 Å². The van der Waals surface area contributed by atoms with Crippen molar-refractivity contribution >= 4 is 15.9 Å². The maximum absolute atomic E-state index is 12.7. The van der Waals surface area contributed by atoms with Crippen LogP contribution in [0.3, 0.4) is 0 Å². The molecule has 1 heterocycles. The summed E-state index contributed by atoms with van der Waals surface area (Å²) in [6.07, 6.45) is 1.89. The van der Waals surface area contributed by atoms with Crippen LogP contribution < -0.4 is 0 Å². The predicted molar refractivity (Wildman–Crippen MR) is 56.3 cm³/mol. The summed E-state index contributed by atoms with van der Waals surface area (Å²) < 4.78 is 15.3. The smallest absolute Gasteiger partial charge is 0.177 e. The van der Waals surface area contributed by atoms with Crippen LogP contribution in [0.15, 0.2) is 35.2 Å². The number of nitrogens with zero attached hydrogens (tertiary/aromatic N) is 2. The van der Waals surface area contributed by atoms with Crippen LogP contribution in [-0.4, -0.2) is 9.55 Å². The summed E-state index contributed by atoms with van der Waals surface area (Å²) in [6, 6.07) is 6.28. The molecule has 0 atom stereocenters. The zero-order valence-electron chi connectivity index (χ0n) is 7.54. The third-order valence-electron chi connectivity index (χ3n) is 1.96. The molecule has 0 fully saturated rings. The lowest BCUT2D eigenvalue weighted by Gasteiger charge is -1.94. The van der Waals surface area contributed by atoms with Crippen LogP contribution in [0.2, 0.25) is 0 Å². The molecule has 0 N–H and O–H groups in total. The van der Waals surface area contributed by atoms with Gasteiger partial charge < -0.3 is 4.57 Å². The molecule has 0 saturated heterocycles. The van der Waals surface area contributed by atoms with Gasteiger partial charge in [-0.15, -0.1) is 0 Å². The highest BCUT2D eigenvalue weighted by molar-refractivity contribution is 9.10. The number of aryl methyl sites for hydroxylation is 1. The third-order valence-corrected chi connectivity index (χ3v) is 2.70. The van der Waals surface area contributed by atoms with Crippen LogP contribution in [0.1, 0.15) is 0 Å². The highest BCUT2D eigenvalue weighted by atomic mass is 79.9. The van der Waals surface area contributed by atoms with Crippen molar-refractivity contribution in [1.82, 2.24) is 9.55 Å². The number of hydrogen-bond acceptors (Lipinski definition) is 1. The monoisotopic (exact) mass is 254 g/mol. The molecule has 2 rings (SSSR count). The molecule has 72 valence electrons. The molecule has 2 nitrogen and oxygen atoms in total. The molecule has 4 heteroatoms. The number of halogens is 2. The van der Waals surface area contributed by atoms with Crippen molar-refractivity contribution in [2.24, 2.45) is 7.05 Å². The minimum atomic E-state index is -0.233. The van der Waals surface area contributed by atoms with E-state index in [-0.39, 0.29) is 5.82 Å². The Morgan fingerprint density at radius 1 is 1.29 bits per heavy atom. The Morgan fingerprint density at radius 2 is 1.93 bits per heavy atom. The average Bonchev–Trinajstić information content (AvgIpc) is 2.48. The van der Waals surface area contributed by atoms with Crippen LogP contribution in [0, 0.1) is 5.82 Å². The fourth-order valence-electron chi connectivity index (χ4n) is 1.20. The molecule has 2 aromatic rings. The van der Waals surface area contributed by atoms with Gasteiger partial charge >= 0.3 is 0 Å². The molecule has 0 amide bonds. The number of benzene rings is 1. The van der Waals surface area contributed by atoms with E-state index >= 15 is 0 Å². The molecule has 0 radical (unpaired) electrons. The van der Waals surface area contributed by atoms with Gasteiger partial charge in [0.05, 0.1) is 5.69 Å². The molecule has 0 aliphatic heterocycles. The van der Waals surface area contributed by atoms with Gasteiger partial charge in [-0.25, -0.2) is 9.37 Å². The van der Waals surface area contributed by atoms with Gasteiger partial charge in [-0.05, 0) is 40.2 Å². The van der Waals surface area contributed by atoms with Crippen LogP contribution in [0.25, 0.3) is 11.3 Å². The van der Waals surface area contributed by atoms with Gasteiger partial charge in [0.15, 0.2) is 4.73 Å². The van der Waals surface area contributed by atoms with E-state index in [0.717, 1.165) is 16.0 Å². The highest BCUT2D eigenvalue weighted by Crippen LogP contribution is 2.20. The lowest BCUT2D eigenvalue weighted by atomic mass is 10.2. The van der Waals surface area contributed by atoms with Crippen molar-refractivity contribution in [3.63, 3.8) is 0 Å². The largest absolute Gasteiger partial charge is 0.328 e. The first-order valence-corrected chi connectivity index (χ1v) is 4.91. The van der Waals surface area contributed by atoms with Crippen molar-refractivity contribution in [3.8, 4) is 11.3 Å². The Labute approximate surface area is 89.5 Å². The van der Waals surface area contributed by atoms with Crippen molar-refractivity contribution in [1.29, 1.82) is 0 Å². The molecule has 1 aromatic heterocycles. The molecule has 0 aliphatic carbocycles. The quantitative estimate of drug-likeness (QED) is 0.765. The van der Waals surface area contributed by atoms with E-state index < -0.39 is 0 Å². The summed E-state index contributed by atoms with van der Waals surface area (Å²) in [5.41, 5.74) is 1.74. The van der Waals surface area contributed by atoms with Crippen molar-refractivity contribution < 1.29 is 4.39 Å². The third kappa shape index (κ3) is 1.70. The maximum atomic E-state index is 12.7. The number of rotatable bonds is 1. The van der Waals surface area contributed by atoms with Crippen molar-refractivity contribution in [3.05, 3.63) is 41.0 Å². The summed E-state index contributed by atoms with van der Waals surface area (Å²) in [7, 11) is 1.89. The first-order chi connectivity index (χ1) is 6.66. The molecular weight excluding hydrogens is 247 g/mol. The minimum absolute atomic E-state index is 0.233. The molecule has 0 spiro atoms. The zero-order chi connectivity index (χ0) is 10.1. The molecule has 14 heavy (non-hydrogen) atoms. The second kappa shape index (κ2) is 3.53. The topological polar surface area (TPSA) is 17.8 Å². The van der Waals surface area contributed by atoms with Gasteiger partial charge in [0.2, 0.25) is 0 Å². The van der Waals surface area contributed by atoms with E-state index in [0.29, 0.717) is 0 Å². The Bertz CT molecular complexity index is 428. The van der Waals surface area contributed by atoms with Crippen LogP contribution >= 0.6 is 15.9 Å². The number of hydrogen-bond donors (Lipinski definition) is 0. The normalized spacial score (nSPS) is 10.5. The molecule has 0 bridgehead atoms. The summed E-state index contributed by atoms with van der Waals surface area (Å²) in [5, 5.41) is 0. The minimum Gasteiger partial charge on any atom is -0.328 e. The first-order valence-electron chi connectivity index (χ1n) is 4.11. The second-order valence-corrected chi connectivity index (χ2v) is 3.72. The molecule has 0 aliphatic rings. The van der Waals surface area contributed by atoms with Crippen molar-refractivity contribution in [2.45, 2.75) is 0 Å². The molecule has 0 saturated carbocycles.